The lowest BCUT2D eigenvalue weighted by Gasteiger charge is -2.20. The Bertz CT molecular complexity index is 1200. The maximum Gasteiger partial charge on any atom is 0.256 e. The second-order valence-electron chi connectivity index (χ2n) is 6.86. The SMILES string of the molecule is [B]C([B])([B])c1ccc(C(=O)Nc2cc3cc(-c4cncn4C)ccc3nn2)cc1. The van der Waals surface area contributed by atoms with Crippen molar-refractivity contribution in [3.63, 3.8) is 0 Å². The number of aromatic nitrogens is 4. The third kappa shape index (κ3) is 3.94. The Kier molecular flexibility index (Phi) is 4.74. The van der Waals surface area contributed by atoms with Crippen molar-refractivity contribution in [3.8, 4) is 11.3 Å². The van der Waals surface area contributed by atoms with Crippen LogP contribution in [-0.4, -0.2) is 49.2 Å². The van der Waals surface area contributed by atoms with Gasteiger partial charge < -0.3 is 9.88 Å². The number of fused-ring (bicyclic) bond motifs is 1. The zero-order chi connectivity index (χ0) is 20.6. The van der Waals surface area contributed by atoms with Gasteiger partial charge in [0.25, 0.3) is 5.91 Å². The number of imidazole rings is 1. The van der Waals surface area contributed by atoms with Gasteiger partial charge >= 0.3 is 0 Å². The smallest absolute Gasteiger partial charge is 0.256 e. The molecule has 0 saturated carbocycles. The van der Waals surface area contributed by atoms with Crippen molar-refractivity contribution in [1.82, 2.24) is 19.7 Å². The number of hydrogen-bond donors (Lipinski definition) is 1. The third-order valence-electron chi connectivity index (χ3n) is 4.59. The summed E-state index contributed by atoms with van der Waals surface area (Å²) in [4.78, 5) is 16.7. The molecule has 29 heavy (non-hydrogen) atoms. The summed E-state index contributed by atoms with van der Waals surface area (Å²) in [7, 11) is 18.9. The molecule has 2 aromatic carbocycles. The minimum atomic E-state index is -1.45. The van der Waals surface area contributed by atoms with Gasteiger partial charge in [-0.15, -0.1) is 15.3 Å². The third-order valence-corrected chi connectivity index (χ3v) is 4.59. The second-order valence-corrected chi connectivity index (χ2v) is 6.86. The van der Waals surface area contributed by atoms with Gasteiger partial charge in [-0.25, -0.2) is 4.98 Å². The molecule has 0 bridgehead atoms. The minimum Gasteiger partial charge on any atom is -0.334 e. The predicted molar refractivity (Wildman–Crippen MR) is 115 cm³/mol. The maximum atomic E-state index is 12.5. The Labute approximate surface area is 172 Å². The number of nitrogens with one attached hydrogen (secondary N) is 1. The number of rotatable bonds is 4. The van der Waals surface area contributed by atoms with E-state index in [0.29, 0.717) is 16.9 Å². The predicted octanol–water partition coefficient (Wildman–Crippen LogP) is 1.90. The van der Waals surface area contributed by atoms with E-state index in [1.165, 1.54) is 0 Å². The Morgan fingerprint density at radius 1 is 1.03 bits per heavy atom. The molecule has 9 heteroatoms. The van der Waals surface area contributed by atoms with Crippen LogP contribution in [-0.2, 0) is 12.2 Å². The fourth-order valence-electron chi connectivity index (χ4n) is 3.00. The van der Waals surface area contributed by atoms with Gasteiger partial charge in [0.15, 0.2) is 5.82 Å². The van der Waals surface area contributed by atoms with Crippen LogP contribution in [0.2, 0.25) is 0 Å². The largest absolute Gasteiger partial charge is 0.334 e. The van der Waals surface area contributed by atoms with Crippen LogP contribution >= 0.6 is 0 Å². The van der Waals surface area contributed by atoms with Crippen LogP contribution in [0.3, 0.4) is 0 Å². The Morgan fingerprint density at radius 3 is 2.45 bits per heavy atom. The van der Waals surface area contributed by atoms with E-state index in [0.717, 1.165) is 22.2 Å². The van der Waals surface area contributed by atoms with Crippen molar-refractivity contribution in [2.75, 3.05) is 5.32 Å². The van der Waals surface area contributed by atoms with Crippen LogP contribution in [0.5, 0.6) is 0 Å². The maximum absolute atomic E-state index is 12.5. The quantitative estimate of drug-likeness (QED) is 0.555. The zero-order valence-corrected chi connectivity index (χ0v) is 15.7. The highest BCUT2D eigenvalue weighted by Gasteiger charge is 2.14. The fourth-order valence-corrected chi connectivity index (χ4v) is 3.00. The standard InChI is InChI=1S/C20H14B3N5O/c1-28-11-24-10-17(28)13-4-7-16-14(8-13)9-18(27-26-16)25-19(29)12-2-5-15(6-3-12)20(21,22)23/h2-11H,1H3,(H,25,27,29). The molecular weight excluding hydrogens is 359 g/mol. The molecule has 134 valence electrons. The van der Waals surface area contributed by atoms with Crippen LogP contribution in [0.15, 0.2) is 61.1 Å². The second kappa shape index (κ2) is 7.24. The minimum absolute atomic E-state index is 0.329. The lowest BCUT2D eigenvalue weighted by molar-refractivity contribution is 0.102. The van der Waals surface area contributed by atoms with Crippen LogP contribution in [0.25, 0.3) is 22.2 Å². The number of anilines is 1. The van der Waals surface area contributed by atoms with E-state index in [1.807, 2.05) is 29.8 Å². The molecule has 0 aliphatic rings. The van der Waals surface area contributed by atoms with Crippen molar-refractivity contribution in [2.45, 2.75) is 5.11 Å². The molecule has 2 aromatic heterocycles. The number of carbonyl (C=O) groups is 1. The molecule has 0 aliphatic heterocycles. The highest BCUT2D eigenvalue weighted by molar-refractivity contribution is 6.58. The summed E-state index contributed by atoms with van der Waals surface area (Å²) in [5.41, 5.74) is 3.63. The first kappa shape index (κ1) is 19.0. The molecule has 4 aromatic rings. The van der Waals surface area contributed by atoms with Crippen LogP contribution in [0.4, 0.5) is 5.82 Å². The van der Waals surface area contributed by atoms with E-state index in [1.54, 1.807) is 42.9 Å². The van der Waals surface area contributed by atoms with Gasteiger partial charge in [-0.1, -0.05) is 23.8 Å². The molecule has 4 rings (SSSR count). The lowest BCUT2D eigenvalue weighted by Crippen LogP contribution is -2.27. The van der Waals surface area contributed by atoms with Crippen molar-refractivity contribution in [2.24, 2.45) is 7.05 Å². The van der Waals surface area contributed by atoms with E-state index >= 15 is 0 Å². The number of carbonyl (C=O) groups excluding carboxylic acids is 1. The Balaban J connectivity index is 1.59. The molecule has 1 amide bonds. The van der Waals surface area contributed by atoms with E-state index in [4.69, 9.17) is 23.5 Å². The van der Waals surface area contributed by atoms with E-state index in [-0.39, 0.29) is 5.91 Å². The van der Waals surface area contributed by atoms with Gasteiger partial charge in [0.1, 0.15) is 0 Å². The molecule has 1 N–H and O–H groups in total. The molecule has 6 radical (unpaired) electrons. The molecule has 2 heterocycles. The number of amides is 1. The first-order chi connectivity index (χ1) is 13.8. The van der Waals surface area contributed by atoms with E-state index < -0.39 is 5.11 Å². The Morgan fingerprint density at radius 2 is 1.79 bits per heavy atom. The zero-order valence-electron chi connectivity index (χ0n) is 15.7. The van der Waals surface area contributed by atoms with Crippen molar-refractivity contribution in [3.05, 3.63) is 72.2 Å². The monoisotopic (exact) mass is 373 g/mol. The molecule has 0 fully saturated rings. The van der Waals surface area contributed by atoms with Gasteiger partial charge in [-0.2, -0.15) is 0 Å². The van der Waals surface area contributed by atoms with Crippen molar-refractivity contribution < 1.29 is 4.79 Å². The molecule has 0 unspecified atom stereocenters. The van der Waals surface area contributed by atoms with Gasteiger partial charge in [0.2, 0.25) is 0 Å². The lowest BCUT2D eigenvalue weighted by atomic mass is 9.40. The Hall–Kier alpha value is -3.35. The molecule has 0 aliphatic carbocycles. The van der Waals surface area contributed by atoms with Gasteiger partial charge in [0.05, 0.1) is 47.3 Å². The normalized spacial score (nSPS) is 11.5. The summed E-state index contributed by atoms with van der Waals surface area (Å²) in [5, 5.41) is 10.4. The fraction of sp³-hybridized carbons (Fsp3) is 0.100. The first-order valence-corrected chi connectivity index (χ1v) is 8.84. The average molecular weight is 373 g/mol. The van der Waals surface area contributed by atoms with E-state index in [9.17, 15) is 4.79 Å². The summed E-state index contributed by atoms with van der Waals surface area (Å²) in [6.45, 7) is 0. The molecule has 6 nitrogen and oxygen atoms in total. The van der Waals surface area contributed by atoms with Crippen LogP contribution in [0, 0.1) is 0 Å². The van der Waals surface area contributed by atoms with Gasteiger partial charge in [0, 0.05) is 23.6 Å². The summed E-state index contributed by atoms with van der Waals surface area (Å²) in [5.74, 6) is 0.0178. The highest BCUT2D eigenvalue weighted by atomic mass is 16.1. The summed E-state index contributed by atoms with van der Waals surface area (Å²) < 4.78 is 1.93. The van der Waals surface area contributed by atoms with Crippen molar-refractivity contribution in [1.29, 1.82) is 0 Å². The molecule has 0 spiro atoms. The summed E-state index contributed by atoms with van der Waals surface area (Å²) in [6.07, 6.45) is 3.53. The molecule has 0 atom stereocenters. The number of hydrogen-bond acceptors (Lipinski definition) is 4. The topological polar surface area (TPSA) is 72.7 Å². The first-order valence-electron chi connectivity index (χ1n) is 8.84. The number of benzene rings is 2. The van der Waals surface area contributed by atoms with Crippen molar-refractivity contribution >= 4 is 46.2 Å². The number of aryl methyl sites for hydroxylation is 1. The summed E-state index contributed by atoms with van der Waals surface area (Å²) in [6, 6.07) is 14.0. The number of nitrogens with zero attached hydrogens (tertiary/aromatic N) is 4. The van der Waals surface area contributed by atoms with Gasteiger partial charge in [-0.3, -0.25) is 4.79 Å². The van der Waals surface area contributed by atoms with Crippen LogP contribution in [0.1, 0.15) is 15.9 Å². The van der Waals surface area contributed by atoms with E-state index in [2.05, 4.69) is 20.5 Å². The molecule has 0 saturated heterocycles. The van der Waals surface area contributed by atoms with Crippen LogP contribution < -0.4 is 5.32 Å². The average Bonchev–Trinajstić information content (AvgIpc) is 3.13. The summed E-state index contributed by atoms with van der Waals surface area (Å²) >= 11 is 0. The highest BCUT2D eigenvalue weighted by Crippen LogP contribution is 2.24. The van der Waals surface area contributed by atoms with Gasteiger partial charge in [-0.05, 0) is 30.3 Å². The molecular formula is C20H14B3N5O.